The Bertz CT molecular complexity index is 927. The minimum atomic E-state index is -0.221. The summed E-state index contributed by atoms with van der Waals surface area (Å²) >= 11 is 1.32. The van der Waals surface area contributed by atoms with E-state index in [1.54, 1.807) is 17.0 Å². The normalized spacial score (nSPS) is 16.7. The van der Waals surface area contributed by atoms with Crippen LogP contribution in [0.25, 0.3) is 0 Å². The van der Waals surface area contributed by atoms with Crippen LogP contribution in [0.2, 0.25) is 0 Å². The van der Waals surface area contributed by atoms with Gasteiger partial charge >= 0.3 is 0 Å². The number of aromatic nitrogens is 2. The van der Waals surface area contributed by atoms with Crippen LogP contribution in [0.15, 0.2) is 60.7 Å². The maximum absolute atomic E-state index is 12.3. The second-order valence-corrected chi connectivity index (χ2v) is 7.02. The summed E-state index contributed by atoms with van der Waals surface area (Å²) < 4.78 is 0. The van der Waals surface area contributed by atoms with Crippen LogP contribution in [0, 0.1) is 0 Å². The molecule has 1 saturated heterocycles. The lowest BCUT2D eigenvalue weighted by molar-refractivity contribution is -0.117. The van der Waals surface area contributed by atoms with Gasteiger partial charge in [0.15, 0.2) is 0 Å². The fourth-order valence-electron chi connectivity index (χ4n) is 2.94. The summed E-state index contributed by atoms with van der Waals surface area (Å²) in [6.45, 7) is 0.574. The molecule has 1 fully saturated rings. The van der Waals surface area contributed by atoms with Crippen molar-refractivity contribution in [3.8, 4) is 0 Å². The van der Waals surface area contributed by atoms with Crippen molar-refractivity contribution in [1.29, 1.82) is 0 Å². The molecule has 1 aliphatic rings. The number of anilines is 2. The highest BCUT2D eigenvalue weighted by molar-refractivity contribution is 7.15. The number of hydrogen-bond acceptors (Lipinski definition) is 5. The van der Waals surface area contributed by atoms with Crippen molar-refractivity contribution in [3.05, 3.63) is 71.2 Å². The zero-order chi connectivity index (χ0) is 17.9. The van der Waals surface area contributed by atoms with Gasteiger partial charge in [-0.05, 0) is 24.3 Å². The van der Waals surface area contributed by atoms with E-state index < -0.39 is 0 Å². The zero-order valence-corrected chi connectivity index (χ0v) is 14.6. The molecule has 3 aromatic rings. The molecule has 130 valence electrons. The molecule has 1 unspecified atom stereocenters. The molecule has 2 amide bonds. The highest BCUT2D eigenvalue weighted by Gasteiger charge is 2.33. The molecule has 6 nitrogen and oxygen atoms in total. The average Bonchev–Trinajstić information content (AvgIpc) is 3.30. The van der Waals surface area contributed by atoms with Crippen LogP contribution in [-0.4, -0.2) is 28.6 Å². The van der Waals surface area contributed by atoms with E-state index in [4.69, 9.17) is 0 Å². The molecule has 7 heteroatoms. The number of nitrogens with one attached hydrogen (secondary N) is 1. The van der Waals surface area contributed by atoms with Gasteiger partial charge in [0, 0.05) is 30.1 Å². The van der Waals surface area contributed by atoms with Crippen LogP contribution in [0.4, 0.5) is 10.8 Å². The van der Waals surface area contributed by atoms with Crippen LogP contribution in [0.1, 0.15) is 27.7 Å². The molecular weight excluding hydrogens is 348 g/mol. The second kappa shape index (κ2) is 7.05. The number of carbonyl (C=O) groups excluding carboxylic acids is 2. The Balaban J connectivity index is 1.45. The highest BCUT2D eigenvalue weighted by Crippen LogP contribution is 2.34. The SMILES string of the molecule is O=C(Nc1nnc(C2CC(=O)N(c3ccccc3)C2)s1)c1ccccc1. The third kappa shape index (κ3) is 3.34. The fraction of sp³-hybridized carbons (Fsp3) is 0.158. The quantitative estimate of drug-likeness (QED) is 0.771. The molecule has 0 bridgehead atoms. The summed E-state index contributed by atoms with van der Waals surface area (Å²) in [6, 6.07) is 18.6. The molecule has 2 heterocycles. The Hall–Kier alpha value is -3.06. The number of rotatable bonds is 4. The first-order chi connectivity index (χ1) is 12.7. The summed E-state index contributed by atoms with van der Waals surface area (Å²) in [4.78, 5) is 26.3. The standard InChI is InChI=1S/C19H16N4O2S/c24-16-11-14(12-23(16)15-9-5-2-6-10-15)18-21-22-19(26-18)20-17(25)13-7-3-1-4-8-13/h1-10,14H,11-12H2,(H,20,22,25). The minimum Gasteiger partial charge on any atom is -0.312 e. The molecule has 1 aromatic heterocycles. The summed E-state index contributed by atoms with van der Waals surface area (Å²) in [5.41, 5.74) is 1.46. The smallest absolute Gasteiger partial charge is 0.257 e. The van der Waals surface area contributed by atoms with Gasteiger partial charge < -0.3 is 4.90 Å². The number of benzene rings is 2. The molecule has 0 radical (unpaired) electrons. The van der Waals surface area contributed by atoms with Crippen LogP contribution in [0.5, 0.6) is 0 Å². The van der Waals surface area contributed by atoms with Gasteiger partial charge in [-0.3, -0.25) is 14.9 Å². The number of nitrogens with zero attached hydrogens (tertiary/aromatic N) is 3. The predicted molar refractivity (Wildman–Crippen MR) is 100 cm³/mol. The Morgan fingerprint density at radius 2 is 1.73 bits per heavy atom. The van der Waals surface area contributed by atoms with Crippen molar-refractivity contribution in [1.82, 2.24) is 10.2 Å². The highest BCUT2D eigenvalue weighted by atomic mass is 32.1. The summed E-state index contributed by atoms with van der Waals surface area (Å²) in [6.07, 6.45) is 0.399. The number of carbonyl (C=O) groups is 2. The number of amides is 2. The van der Waals surface area contributed by atoms with E-state index in [0.717, 1.165) is 10.7 Å². The molecule has 2 aromatic carbocycles. The van der Waals surface area contributed by atoms with Gasteiger partial charge in [-0.15, -0.1) is 10.2 Å². The topological polar surface area (TPSA) is 75.2 Å². The Labute approximate surface area is 154 Å². The molecule has 26 heavy (non-hydrogen) atoms. The molecule has 1 N–H and O–H groups in total. The van der Waals surface area contributed by atoms with Crippen LogP contribution >= 0.6 is 11.3 Å². The molecule has 0 spiro atoms. The maximum Gasteiger partial charge on any atom is 0.257 e. The van der Waals surface area contributed by atoms with E-state index in [2.05, 4.69) is 15.5 Å². The lowest BCUT2D eigenvalue weighted by atomic mass is 10.1. The van der Waals surface area contributed by atoms with Crippen molar-refractivity contribution >= 4 is 34.0 Å². The lowest BCUT2D eigenvalue weighted by Gasteiger charge is -2.15. The van der Waals surface area contributed by atoms with Gasteiger partial charge in [0.2, 0.25) is 11.0 Å². The maximum atomic E-state index is 12.3. The van der Waals surface area contributed by atoms with E-state index in [9.17, 15) is 9.59 Å². The number of hydrogen-bond donors (Lipinski definition) is 1. The Kier molecular flexibility index (Phi) is 4.45. The first-order valence-corrected chi connectivity index (χ1v) is 9.07. The van der Waals surface area contributed by atoms with E-state index in [1.165, 1.54) is 11.3 Å². The summed E-state index contributed by atoms with van der Waals surface area (Å²) in [5, 5.41) is 12.2. The van der Waals surface area contributed by atoms with Gasteiger partial charge in [-0.25, -0.2) is 0 Å². The first kappa shape index (κ1) is 16.4. The van der Waals surface area contributed by atoms with Crippen molar-refractivity contribution in [3.63, 3.8) is 0 Å². The lowest BCUT2D eigenvalue weighted by Crippen LogP contribution is -2.24. The molecule has 1 aliphatic heterocycles. The van der Waals surface area contributed by atoms with Crippen LogP contribution in [0.3, 0.4) is 0 Å². The van der Waals surface area contributed by atoms with Gasteiger partial charge in [0.05, 0.1) is 0 Å². The second-order valence-electron chi connectivity index (χ2n) is 6.01. The summed E-state index contributed by atoms with van der Waals surface area (Å²) in [7, 11) is 0. The van der Waals surface area contributed by atoms with E-state index in [-0.39, 0.29) is 17.7 Å². The van der Waals surface area contributed by atoms with Gasteiger partial charge in [0.25, 0.3) is 5.91 Å². The van der Waals surface area contributed by atoms with E-state index >= 15 is 0 Å². The monoisotopic (exact) mass is 364 g/mol. The van der Waals surface area contributed by atoms with Crippen molar-refractivity contribution in [2.75, 3.05) is 16.8 Å². The van der Waals surface area contributed by atoms with E-state index in [0.29, 0.717) is 23.7 Å². The number of para-hydroxylation sites is 1. The van der Waals surface area contributed by atoms with Crippen molar-refractivity contribution in [2.45, 2.75) is 12.3 Å². The molecule has 0 aliphatic carbocycles. The largest absolute Gasteiger partial charge is 0.312 e. The zero-order valence-electron chi connectivity index (χ0n) is 13.8. The van der Waals surface area contributed by atoms with E-state index in [1.807, 2.05) is 48.5 Å². The Morgan fingerprint density at radius 3 is 2.46 bits per heavy atom. The molecular formula is C19H16N4O2S. The van der Waals surface area contributed by atoms with Crippen LogP contribution in [-0.2, 0) is 4.79 Å². The van der Waals surface area contributed by atoms with Crippen molar-refractivity contribution < 1.29 is 9.59 Å². The van der Waals surface area contributed by atoms with Crippen LogP contribution < -0.4 is 10.2 Å². The fourth-order valence-corrected chi connectivity index (χ4v) is 3.77. The average molecular weight is 364 g/mol. The minimum absolute atomic E-state index is 0.0115. The molecule has 4 rings (SSSR count). The molecule has 0 saturated carbocycles. The van der Waals surface area contributed by atoms with Gasteiger partial charge in [0.1, 0.15) is 5.01 Å². The van der Waals surface area contributed by atoms with Gasteiger partial charge in [-0.1, -0.05) is 47.7 Å². The summed E-state index contributed by atoms with van der Waals surface area (Å²) in [5.74, 6) is -0.157. The van der Waals surface area contributed by atoms with Crippen molar-refractivity contribution in [2.24, 2.45) is 0 Å². The van der Waals surface area contributed by atoms with Gasteiger partial charge in [-0.2, -0.15) is 0 Å². The predicted octanol–water partition coefficient (Wildman–Crippen LogP) is 3.31. The third-order valence-electron chi connectivity index (χ3n) is 4.24. The first-order valence-electron chi connectivity index (χ1n) is 8.26. The third-order valence-corrected chi connectivity index (χ3v) is 5.24. The molecule has 1 atom stereocenters. The Morgan fingerprint density at radius 1 is 1.04 bits per heavy atom.